The highest BCUT2D eigenvalue weighted by atomic mass is 35.5. The molecule has 2 aromatic rings. The molecule has 1 atom stereocenters. The molecule has 1 aromatic carbocycles. The Bertz CT molecular complexity index is 803. The van der Waals surface area contributed by atoms with Crippen LogP contribution >= 0.6 is 11.6 Å². The number of nitrogens with zero attached hydrogens (tertiary/aromatic N) is 2. The van der Waals surface area contributed by atoms with Crippen LogP contribution in [0.5, 0.6) is 11.5 Å². The van der Waals surface area contributed by atoms with Gasteiger partial charge in [-0.2, -0.15) is 5.10 Å². The number of hydrogen-bond donors (Lipinski definition) is 1. The number of carbonyl (C=O) groups excluding carboxylic acids is 1. The van der Waals surface area contributed by atoms with Gasteiger partial charge in [0.05, 0.1) is 5.02 Å². The second kappa shape index (κ2) is 6.50. The van der Waals surface area contributed by atoms with E-state index in [4.69, 9.17) is 30.9 Å². The van der Waals surface area contributed by atoms with Gasteiger partial charge in [0.2, 0.25) is 5.78 Å². The Morgan fingerprint density at radius 1 is 1.42 bits per heavy atom. The zero-order valence-electron chi connectivity index (χ0n) is 12.6. The Hall–Kier alpha value is -2.58. The Balaban J connectivity index is 1.90. The van der Waals surface area contributed by atoms with Gasteiger partial charge in [0, 0.05) is 18.4 Å². The van der Waals surface area contributed by atoms with Crippen molar-refractivity contribution in [2.24, 2.45) is 0 Å². The smallest absolute Gasteiger partial charge is 0.387 e. The number of benzene rings is 1. The molecule has 9 heteroatoms. The quantitative estimate of drug-likeness (QED) is 0.793. The molecule has 1 aromatic heterocycles. The number of aliphatic carboxylic acids is 1. The van der Waals surface area contributed by atoms with Crippen molar-refractivity contribution in [1.82, 2.24) is 9.78 Å². The number of carboxylic acids is 1. The minimum absolute atomic E-state index is 0.0930. The van der Waals surface area contributed by atoms with Crippen molar-refractivity contribution >= 4 is 23.4 Å². The predicted octanol–water partition coefficient (Wildman–Crippen LogP) is 1.94. The fraction of sp³-hybridized carbons (Fsp3) is 0.267. The van der Waals surface area contributed by atoms with E-state index < -0.39 is 12.3 Å². The molecule has 8 nitrogen and oxygen atoms in total. The summed E-state index contributed by atoms with van der Waals surface area (Å²) >= 11 is 6.08. The molecule has 1 N–H and O–H groups in total. The normalized spacial score (nSPS) is 15.5. The number of carboxylic acid groups (broad SMARTS) is 1. The van der Waals surface area contributed by atoms with Gasteiger partial charge in [-0.15, -0.1) is 0 Å². The van der Waals surface area contributed by atoms with Crippen molar-refractivity contribution in [3.05, 3.63) is 40.7 Å². The molecule has 3 rings (SSSR count). The Kier molecular flexibility index (Phi) is 4.41. The molecule has 0 spiro atoms. The van der Waals surface area contributed by atoms with Gasteiger partial charge in [0.1, 0.15) is 12.4 Å². The van der Waals surface area contributed by atoms with Gasteiger partial charge >= 0.3 is 12.3 Å². The highest BCUT2D eigenvalue weighted by Gasteiger charge is 2.33. The van der Waals surface area contributed by atoms with Gasteiger partial charge in [-0.3, -0.25) is 4.79 Å². The number of carbonyl (C=O) groups is 2. The van der Waals surface area contributed by atoms with Crippen molar-refractivity contribution in [1.29, 1.82) is 0 Å². The number of ether oxygens (including phenoxy) is 3. The molecule has 126 valence electrons. The van der Waals surface area contributed by atoms with Crippen LogP contribution in [0.3, 0.4) is 0 Å². The second-order valence-corrected chi connectivity index (χ2v) is 5.27. The van der Waals surface area contributed by atoms with E-state index in [1.807, 2.05) is 6.92 Å². The number of halogens is 1. The maximum atomic E-state index is 12.7. The van der Waals surface area contributed by atoms with Crippen molar-refractivity contribution in [2.75, 3.05) is 6.61 Å². The summed E-state index contributed by atoms with van der Waals surface area (Å²) in [4.78, 5) is 23.6. The zero-order valence-corrected chi connectivity index (χ0v) is 13.3. The summed E-state index contributed by atoms with van der Waals surface area (Å²) < 4.78 is 16.9. The third-order valence-electron chi connectivity index (χ3n) is 3.30. The fourth-order valence-corrected chi connectivity index (χ4v) is 2.46. The molecule has 0 radical (unpaired) electrons. The van der Waals surface area contributed by atoms with Gasteiger partial charge in [0.25, 0.3) is 0 Å². The van der Waals surface area contributed by atoms with E-state index in [0.29, 0.717) is 12.3 Å². The topological polar surface area (TPSA) is 99.9 Å². The van der Waals surface area contributed by atoms with E-state index >= 15 is 0 Å². The van der Waals surface area contributed by atoms with Gasteiger partial charge in [0.15, 0.2) is 11.5 Å². The molecule has 0 aliphatic carbocycles. The van der Waals surface area contributed by atoms with Gasteiger partial charge in [-0.25, -0.2) is 9.48 Å². The molecule has 24 heavy (non-hydrogen) atoms. The lowest BCUT2D eigenvalue weighted by Crippen LogP contribution is -2.28. The predicted molar refractivity (Wildman–Crippen MR) is 81.4 cm³/mol. The van der Waals surface area contributed by atoms with Crippen LogP contribution in [0, 0.1) is 0 Å². The largest absolute Gasteiger partial charge is 0.476 e. The van der Waals surface area contributed by atoms with Crippen molar-refractivity contribution in [3.63, 3.8) is 0 Å². The number of fused-ring (bicyclic) bond motifs is 1. The maximum absolute atomic E-state index is 12.7. The van der Waals surface area contributed by atoms with Crippen LogP contribution in [0.15, 0.2) is 24.4 Å². The second-order valence-electron chi connectivity index (χ2n) is 4.86. The van der Waals surface area contributed by atoms with Crippen molar-refractivity contribution < 1.29 is 28.9 Å². The standard InChI is InChI=1S/C15H13ClN2O6/c1-2-22-7-18-10(3-4-17-18)12(19)8-5-9(16)13-11(6-8)23-15(24-13)14(20)21/h3-6,15H,2,7H2,1H3,(H,20,21). The fourth-order valence-electron chi connectivity index (χ4n) is 2.20. The molecule has 1 aliphatic heterocycles. The number of rotatable bonds is 6. The van der Waals surface area contributed by atoms with Gasteiger partial charge < -0.3 is 19.3 Å². The average molecular weight is 353 g/mol. The number of hydrogen-bond acceptors (Lipinski definition) is 6. The third-order valence-corrected chi connectivity index (χ3v) is 3.58. The first-order valence-corrected chi connectivity index (χ1v) is 7.43. The van der Waals surface area contributed by atoms with E-state index in [1.165, 1.54) is 23.0 Å². The molecule has 1 unspecified atom stereocenters. The monoisotopic (exact) mass is 352 g/mol. The van der Waals surface area contributed by atoms with Crippen LogP contribution in [0.25, 0.3) is 0 Å². The summed E-state index contributed by atoms with van der Waals surface area (Å²) in [5.41, 5.74) is 0.541. The molecular weight excluding hydrogens is 340 g/mol. The van der Waals surface area contributed by atoms with E-state index in [9.17, 15) is 9.59 Å². The van der Waals surface area contributed by atoms with Crippen LogP contribution in [-0.2, 0) is 16.3 Å². The first-order chi connectivity index (χ1) is 11.5. The Morgan fingerprint density at radius 2 is 2.21 bits per heavy atom. The maximum Gasteiger partial charge on any atom is 0.387 e. The lowest BCUT2D eigenvalue weighted by Gasteiger charge is -2.08. The molecule has 0 saturated carbocycles. The van der Waals surface area contributed by atoms with Crippen LogP contribution < -0.4 is 9.47 Å². The van der Waals surface area contributed by atoms with E-state index in [2.05, 4.69) is 5.10 Å². The Morgan fingerprint density at radius 3 is 2.92 bits per heavy atom. The minimum Gasteiger partial charge on any atom is -0.476 e. The van der Waals surface area contributed by atoms with Crippen LogP contribution in [0.1, 0.15) is 23.0 Å². The third kappa shape index (κ3) is 2.93. The molecule has 0 saturated heterocycles. The van der Waals surface area contributed by atoms with Crippen LogP contribution in [0.2, 0.25) is 5.02 Å². The summed E-state index contributed by atoms with van der Waals surface area (Å²) in [6, 6.07) is 4.35. The van der Waals surface area contributed by atoms with Gasteiger partial charge in [-0.05, 0) is 25.1 Å². The number of ketones is 1. The lowest BCUT2D eigenvalue weighted by molar-refractivity contribution is -0.154. The summed E-state index contributed by atoms with van der Waals surface area (Å²) in [7, 11) is 0. The Labute approximate surface area is 141 Å². The molecule has 0 amide bonds. The SMILES string of the molecule is CCOCn1nccc1C(=O)c1cc(Cl)c2c(c1)OC(C(=O)O)O2. The molecule has 2 heterocycles. The van der Waals surface area contributed by atoms with Crippen LogP contribution in [-0.4, -0.2) is 39.5 Å². The van der Waals surface area contributed by atoms with E-state index in [-0.39, 0.29) is 34.6 Å². The average Bonchev–Trinajstić information content (AvgIpc) is 3.18. The van der Waals surface area contributed by atoms with E-state index in [1.54, 1.807) is 6.07 Å². The highest BCUT2D eigenvalue weighted by Crippen LogP contribution is 2.42. The first kappa shape index (κ1) is 16.3. The molecule has 0 bridgehead atoms. The lowest BCUT2D eigenvalue weighted by atomic mass is 10.1. The van der Waals surface area contributed by atoms with Crippen molar-refractivity contribution in [3.8, 4) is 11.5 Å². The summed E-state index contributed by atoms with van der Waals surface area (Å²) in [6.07, 6.45) is 0.00715. The summed E-state index contributed by atoms with van der Waals surface area (Å²) in [6.45, 7) is 2.46. The van der Waals surface area contributed by atoms with Crippen LogP contribution in [0.4, 0.5) is 0 Å². The molecular formula is C15H13ClN2O6. The molecule has 0 fully saturated rings. The summed E-state index contributed by atoms with van der Waals surface area (Å²) in [5.74, 6) is -1.43. The molecule has 1 aliphatic rings. The first-order valence-electron chi connectivity index (χ1n) is 7.05. The van der Waals surface area contributed by atoms with Crippen molar-refractivity contribution in [2.45, 2.75) is 19.9 Å². The zero-order chi connectivity index (χ0) is 17.3. The van der Waals surface area contributed by atoms with Gasteiger partial charge in [-0.1, -0.05) is 11.6 Å². The van der Waals surface area contributed by atoms with E-state index in [0.717, 1.165) is 0 Å². The number of aromatic nitrogens is 2. The summed E-state index contributed by atoms with van der Waals surface area (Å²) in [5, 5.41) is 13.1. The minimum atomic E-state index is -1.48. The highest BCUT2D eigenvalue weighted by molar-refractivity contribution is 6.33.